The fourth-order valence-corrected chi connectivity index (χ4v) is 3.79. The third-order valence-corrected chi connectivity index (χ3v) is 4.99. The maximum atomic E-state index is 12.5. The Morgan fingerprint density at radius 2 is 2.16 bits per heavy atom. The fraction of sp³-hybridized carbons (Fsp3) is 0.250. The molecule has 0 saturated carbocycles. The van der Waals surface area contributed by atoms with Crippen molar-refractivity contribution in [2.45, 2.75) is 11.3 Å². The van der Waals surface area contributed by atoms with E-state index < -0.39 is 10.0 Å². The van der Waals surface area contributed by atoms with Gasteiger partial charge in [0.05, 0.1) is 11.9 Å². The average molecular weight is 278 g/mol. The van der Waals surface area contributed by atoms with E-state index in [0.29, 0.717) is 24.3 Å². The van der Waals surface area contributed by atoms with E-state index in [2.05, 4.69) is 5.10 Å². The number of aromatic nitrogens is 2. The van der Waals surface area contributed by atoms with Crippen LogP contribution in [0.4, 0.5) is 11.4 Å². The number of aryl methyl sites for hydroxylation is 1. The lowest BCUT2D eigenvalue weighted by molar-refractivity contribution is 0.592. The molecule has 0 aliphatic carbocycles. The number of nitrogen functional groups attached to an aromatic ring is 1. The minimum absolute atomic E-state index is 0.208. The van der Waals surface area contributed by atoms with E-state index in [4.69, 9.17) is 5.73 Å². The molecule has 7 heteroatoms. The van der Waals surface area contributed by atoms with Gasteiger partial charge in [0.25, 0.3) is 10.0 Å². The molecule has 0 bridgehead atoms. The van der Waals surface area contributed by atoms with Crippen molar-refractivity contribution in [1.29, 1.82) is 0 Å². The molecule has 0 radical (unpaired) electrons. The first-order valence-electron chi connectivity index (χ1n) is 5.88. The summed E-state index contributed by atoms with van der Waals surface area (Å²) in [5.74, 6) is 0. The van der Waals surface area contributed by atoms with Crippen molar-refractivity contribution >= 4 is 21.4 Å². The lowest BCUT2D eigenvalue weighted by atomic mass is 10.1. The third-order valence-electron chi connectivity index (χ3n) is 3.23. The Balaban J connectivity index is 2.06. The van der Waals surface area contributed by atoms with E-state index in [0.717, 1.165) is 5.56 Å². The largest absolute Gasteiger partial charge is 0.399 e. The van der Waals surface area contributed by atoms with Crippen molar-refractivity contribution in [1.82, 2.24) is 9.78 Å². The van der Waals surface area contributed by atoms with E-state index in [-0.39, 0.29) is 4.90 Å². The number of benzene rings is 1. The highest BCUT2D eigenvalue weighted by Crippen LogP contribution is 2.33. The van der Waals surface area contributed by atoms with E-state index in [9.17, 15) is 8.42 Å². The molecular weight excluding hydrogens is 264 g/mol. The number of anilines is 2. The normalized spacial score (nSPS) is 14.7. The number of hydrogen-bond donors (Lipinski definition) is 1. The number of fused-ring (bicyclic) bond motifs is 1. The van der Waals surface area contributed by atoms with Crippen LogP contribution in [0.15, 0.2) is 35.5 Å². The van der Waals surface area contributed by atoms with Gasteiger partial charge in [-0.15, -0.1) is 0 Å². The molecule has 2 heterocycles. The van der Waals surface area contributed by atoms with E-state index in [1.165, 1.54) is 21.4 Å². The van der Waals surface area contributed by atoms with Gasteiger partial charge in [0, 0.05) is 25.5 Å². The molecule has 3 rings (SSSR count). The highest BCUT2D eigenvalue weighted by molar-refractivity contribution is 7.92. The van der Waals surface area contributed by atoms with Crippen molar-refractivity contribution in [3.63, 3.8) is 0 Å². The maximum Gasteiger partial charge on any atom is 0.267 e. The predicted molar refractivity (Wildman–Crippen MR) is 72.3 cm³/mol. The van der Waals surface area contributed by atoms with Crippen LogP contribution in [0.25, 0.3) is 0 Å². The summed E-state index contributed by atoms with van der Waals surface area (Å²) in [6, 6.07) is 5.30. The summed E-state index contributed by atoms with van der Waals surface area (Å²) in [4.78, 5) is 0.208. The predicted octanol–water partition coefficient (Wildman–Crippen LogP) is 0.754. The van der Waals surface area contributed by atoms with Gasteiger partial charge in [0.1, 0.15) is 4.90 Å². The van der Waals surface area contributed by atoms with Gasteiger partial charge in [-0.1, -0.05) is 0 Å². The van der Waals surface area contributed by atoms with Crippen LogP contribution in [0.5, 0.6) is 0 Å². The standard InChI is InChI=1S/C12H14N4O2S/c1-15-8-11(7-14-15)19(17,18)16-5-4-9-6-10(13)2-3-12(9)16/h2-3,6-8H,4-5,13H2,1H3. The Kier molecular flexibility index (Phi) is 2.53. The molecule has 0 atom stereocenters. The van der Waals surface area contributed by atoms with Crippen molar-refractivity contribution in [3.8, 4) is 0 Å². The second kappa shape index (κ2) is 3.99. The van der Waals surface area contributed by atoms with Crippen LogP contribution in [0.3, 0.4) is 0 Å². The highest BCUT2D eigenvalue weighted by Gasteiger charge is 2.31. The zero-order chi connectivity index (χ0) is 13.6. The summed E-state index contributed by atoms with van der Waals surface area (Å²) >= 11 is 0. The summed E-state index contributed by atoms with van der Waals surface area (Å²) in [5.41, 5.74) is 8.04. The van der Waals surface area contributed by atoms with E-state index in [1.54, 1.807) is 19.2 Å². The average Bonchev–Trinajstić information content (AvgIpc) is 2.95. The van der Waals surface area contributed by atoms with Gasteiger partial charge in [-0.05, 0) is 30.2 Å². The Labute approximate surface area is 111 Å². The number of nitrogens with two attached hydrogens (primary N) is 1. The van der Waals surface area contributed by atoms with Gasteiger partial charge in [-0.25, -0.2) is 8.42 Å². The SMILES string of the molecule is Cn1cc(S(=O)(=O)N2CCc3cc(N)ccc32)cn1. The molecule has 1 aromatic carbocycles. The first-order valence-corrected chi connectivity index (χ1v) is 7.32. The molecule has 6 nitrogen and oxygen atoms in total. The first kappa shape index (κ1) is 12.0. The summed E-state index contributed by atoms with van der Waals surface area (Å²) in [5, 5.41) is 3.92. The summed E-state index contributed by atoms with van der Waals surface area (Å²) < 4.78 is 28.0. The first-order chi connectivity index (χ1) is 8.98. The smallest absolute Gasteiger partial charge is 0.267 e. The van der Waals surface area contributed by atoms with Crippen LogP contribution in [-0.2, 0) is 23.5 Å². The second-order valence-electron chi connectivity index (χ2n) is 4.57. The quantitative estimate of drug-likeness (QED) is 0.822. The molecule has 0 amide bonds. The summed E-state index contributed by atoms with van der Waals surface area (Å²) in [7, 11) is -1.84. The van der Waals surface area contributed by atoms with Crippen molar-refractivity contribution < 1.29 is 8.42 Å². The number of hydrogen-bond acceptors (Lipinski definition) is 4. The van der Waals surface area contributed by atoms with Gasteiger partial charge in [0.15, 0.2) is 0 Å². The molecule has 100 valence electrons. The molecule has 19 heavy (non-hydrogen) atoms. The Bertz CT molecular complexity index is 736. The van der Waals surface area contributed by atoms with Gasteiger partial charge < -0.3 is 5.73 Å². The molecule has 0 saturated heterocycles. The van der Waals surface area contributed by atoms with Crippen LogP contribution < -0.4 is 10.0 Å². The van der Waals surface area contributed by atoms with E-state index >= 15 is 0 Å². The fourth-order valence-electron chi connectivity index (χ4n) is 2.30. The molecule has 1 aliphatic rings. The number of sulfonamides is 1. The Morgan fingerprint density at radius 3 is 2.84 bits per heavy atom. The lowest BCUT2D eigenvalue weighted by Gasteiger charge is -2.18. The van der Waals surface area contributed by atoms with Crippen LogP contribution >= 0.6 is 0 Å². The number of rotatable bonds is 2. The highest BCUT2D eigenvalue weighted by atomic mass is 32.2. The lowest BCUT2D eigenvalue weighted by Crippen LogP contribution is -2.28. The zero-order valence-electron chi connectivity index (χ0n) is 10.4. The molecule has 0 unspecified atom stereocenters. The molecule has 1 aliphatic heterocycles. The van der Waals surface area contributed by atoms with Gasteiger partial charge >= 0.3 is 0 Å². The van der Waals surface area contributed by atoms with Crippen LogP contribution in [0.1, 0.15) is 5.56 Å². The molecule has 0 spiro atoms. The Morgan fingerprint density at radius 1 is 1.37 bits per heavy atom. The van der Waals surface area contributed by atoms with Gasteiger partial charge in [0.2, 0.25) is 0 Å². The minimum atomic E-state index is -3.53. The topological polar surface area (TPSA) is 81.2 Å². The monoisotopic (exact) mass is 278 g/mol. The maximum absolute atomic E-state index is 12.5. The second-order valence-corrected chi connectivity index (χ2v) is 6.43. The number of nitrogens with zero attached hydrogens (tertiary/aromatic N) is 3. The molecule has 1 aromatic heterocycles. The molecule has 2 N–H and O–H groups in total. The molecule has 0 fully saturated rings. The van der Waals surface area contributed by atoms with Crippen LogP contribution in [-0.4, -0.2) is 24.7 Å². The van der Waals surface area contributed by atoms with Crippen LogP contribution in [0, 0.1) is 0 Å². The summed E-state index contributed by atoms with van der Waals surface area (Å²) in [6.45, 7) is 0.440. The van der Waals surface area contributed by atoms with Crippen molar-refractivity contribution in [2.24, 2.45) is 7.05 Å². The molecule has 2 aromatic rings. The molecular formula is C12H14N4O2S. The van der Waals surface area contributed by atoms with Gasteiger partial charge in [-0.2, -0.15) is 5.10 Å². The van der Waals surface area contributed by atoms with Crippen molar-refractivity contribution in [3.05, 3.63) is 36.2 Å². The third kappa shape index (κ3) is 1.86. The van der Waals surface area contributed by atoms with Gasteiger partial charge in [-0.3, -0.25) is 8.99 Å². The minimum Gasteiger partial charge on any atom is -0.399 e. The Hall–Kier alpha value is -2.02. The van der Waals surface area contributed by atoms with E-state index in [1.807, 2.05) is 6.07 Å². The zero-order valence-corrected chi connectivity index (χ0v) is 11.3. The summed E-state index contributed by atoms with van der Waals surface area (Å²) in [6.07, 6.45) is 3.55. The van der Waals surface area contributed by atoms with Crippen molar-refractivity contribution in [2.75, 3.05) is 16.6 Å². The van der Waals surface area contributed by atoms with Crippen LogP contribution in [0.2, 0.25) is 0 Å².